The molecule has 4 nitrogen and oxygen atoms in total. The first-order valence-electron chi connectivity index (χ1n) is 15.7. The number of hydrogen-bond acceptors (Lipinski definition) is 4. The number of allylic oxidation sites excluding steroid dienone is 2. The molecule has 5 rings (SSSR count). The summed E-state index contributed by atoms with van der Waals surface area (Å²) in [6.07, 6.45) is 7.56. The molecular weight excluding hydrogens is 541 g/mol. The van der Waals surface area contributed by atoms with Crippen molar-refractivity contribution in [1.29, 1.82) is 0 Å². The van der Waals surface area contributed by atoms with E-state index in [4.69, 9.17) is 13.6 Å². The average Bonchev–Trinajstić information content (AvgIpc) is 3.24. The SMILES string of the molecule is CC[Si](CC)(CC)OC1=CC[C@@]2(CCO[Si](c3ccccc3)(c3ccccc3)C(C)(C)C)C(=O)O[C@H]3C2=CCC[C@@H]13. The normalized spacial score (nSPS) is 24.3. The molecule has 0 spiro atoms. The predicted octanol–water partition coefficient (Wildman–Crippen LogP) is 7.51. The van der Waals surface area contributed by atoms with Gasteiger partial charge in [0.05, 0.1) is 17.1 Å². The number of benzene rings is 2. The third-order valence-corrected chi connectivity index (χ3v) is 19.8. The summed E-state index contributed by atoms with van der Waals surface area (Å²) >= 11 is 0. The van der Waals surface area contributed by atoms with E-state index in [1.54, 1.807) is 0 Å². The summed E-state index contributed by atoms with van der Waals surface area (Å²) < 4.78 is 20.5. The van der Waals surface area contributed by atoms with Gasteiger partial charge < -0.3 is 13.6 Å². The number of hydrogen-bond donors (Lipinski definition) is 0. The van der Waals surface area contributed by atoms with Crippen LogP contribution in [0.5, 0.6) is 0 Å². The molecule has 3 atom stereocenters. The Morgan fingerprint density at radius 2 is 1.49 bits per heavy atom. The van der Waals surface area contributed by atoms with Crippen LogP contribution in [0, 0.1) is 11.3 Å². The highest BCUT2D eigenvalue weighted by atomic mass is 28.4. The molecule has 1 fully saturated rings. The van der Waals surface area contributed by atoms with Crippen molar-refractivity contribution in [3.05, 3.63) is 84.1 Å². The Kier molecular flexibility index (Phi) is 8.57. The lowest BCUT2D eigenvalue weighted by Crippen LogP contribution is -2.66. The van der Waals surface area contributed by atoms with Crippen molar-refractivity contribution < 1.29 is 18.4 Å². The minimum absolute atomic E-state index is 0.0769. The number of carbonyl (C=O) groups excluding carboxylic acids is 1. The van der Waals surface area contributed by atoms with Gasteiger partial charge in [-0.15, -0.1) is 0 Å². The average molecular weight is 589 g/mol. The van der Waals surface area contributed by atoms with E-state index in [2.05, 4.69) is 114 Å². The van der Waals surface area contributed by atoms with Gasteiger partial charge in [-0.25, -0.2) is 0 Å². The fourth-order valence-electron chi connectivity index (χ4n) is 7.60. The summed E-state index contributed by atoms with van der Waals surface area (Å²) in [7, 11) is -4.54. The lowest BCUT2D eigenvalue weighted by atomic mass is 9.72. The van der Waals surface area contributed by atoms with Crippen LogP contribution < -0.4 is 10.4 Å². The first-order chi connectivity index (χ1) is 19.7. The van der Waals surface area contributed by atoms with Crippen LogP contribution in [-0.2, 0) is 18.4 Å². The maximum absolute atomic E-state index is 13.8. The van der Waals surface area contributed by atoms with Crippen molar-refractivity contribution in [3.8, 4) is 0 Å². The van der Waals surface area contributed by atoms with E-state index in [0.29, 0.717) is 19.4 Å². The predicted molar refractivity (Wildman–Crippen MR) is 172 cm³/mol. The molecule has 6 heteroatoms. The highest BCUT2D eigenvalue weighted by Crippen LogP contribution is 2.55. The van der Waals surface area contributed by atoms with Crippen LogP contribution in [0.4, 0.5) is 0 Å². The molecular formula is C35H48O4Si2. The van der Waals surface area contributed by atoms with E-state index < -0.39 is 22.0 Å². The van der Waals surface area contributed by atoms with Crippen LogP contribution in [0.25, 0.3) is 0 Å². The molecule has 0 N–H and O–H groups in total. The standard InChI is InChI=1S/C35H48O4Si2/c1-7-40(8-2,9-3)39-31-23-24-35(30-22-16-21-29(31)32(30)38-33(35)36)25-26-37-41(34(4,5)6,27-17-12-10-13-18-27)28-19-14-11-15-20-28/h10-15,17-20,22-23,29,32H,7-9,16,21,24-26H2,1-6H3/t29-,32+,35-/m0/s1. The zero-order valence-electron chi connectivity index (χ0n) is 25.9. The molecule has 220 valence electrons. The number of esters is 1. The number of rotatable bonds is 11. The van der Waals surface area contributed by atoms with Gasteiger partial charge in [-0.3, -0.25) is 4.79 Å². The molecule has 0 unspecified atom stereocenters. The highest BCUT2D eigenvalue weighted by molar-refractivity contribution is 6.99. The number of carbonyl (C=O) groups is 1. The third-order valence-electron chi connectivity index (χ3n) is 10.2. The Labute approximate surface area is 249 Å². The molecule has 0 amide bonds. The van der Waals surface area contributed by atoms with Crippen molar-refractivity contribution in [2.24, 2.45) is 11.3 Å². The van der Waals surface area contributed by atoms with Gasteiger partial charge in [-0.2, -0.15) is 0 Å². The first kappa shape index (κ1) is 30.1. The molecule has 1 saturated heterocycles. The maximum atomic E-state index is 13.8. The zero-order chi connectivity index (χ0) is 29.3. The Morgan fingerprint density at radius 3 is 2.02 bits per heavy atom. The summed E-state index contributed by atoms with van der Waals surface area (Å²) in [6.45, 7) is 14.2. The summed E-state index contributed by atoms with van der Waals surface area (Å²) in [5.74, 6) is 1.16. The van der Waals surface area contributed by atoms with Crippen molar-refractivity contribution in [1.82, 2.24) is 0 Å². The van der Waals surface area contributed by atoms with Crippen LogP contribution in [0.1, 0.15) is 67.2 Å². The lowest BCUT2D eigenvalue weighted by molar-refractivity contribution is -0.151. The van der Waals surface area contributed by atoms with Gasteiger partial charge in [0, 0.05) is 6.61 Å². The minimum atomic E-state index is -2.70. The van der Waals surface area contributed by atoms with Gasteiger partial charge in [0.1, 0.15) is 6.10 Å². The quantitative estimate of drug-likeness (QED) is 0.155. The zero-order valence-corrected chi connectivity index (χ0v) is 27.9. The van der Waals surface area contributed by atoms with Gasteiger partial charge >= 0.3 is 5.97 Å². The van der Waals surface area contributed by atoms with Gasteiger partial charge in [-0.05, 0) is 70.9 Å². The third kappa shape index (κ3) is 5.10. The van der Waals surface area contributed by atoms with Crippen molar-refractivity contribution in [2.45, 2.75) is 96.5 Å². The van der Waals surface area contributed by atoms with Crippen molar-refractivity contribution >= 4 is 33.0 Å². The van der Waals surface area contributed by atoms with Crippen molar-refractivity contribution in [2.75, 3.05) is 6.61 Å². The van der Waals surface area contributed by atoms with E-state index in [9.17, 15) is 4.79 Å². The van der Waals surface area contributed by atoms with Gasteiger partial charge in [0.25, 0.3) is 8.32 Å². The molecule has 1 aliphatic heterocycles. The van der Waals surface area contributed by atoms with E-state index >= 15 is 0 Å². The van der Waals surface area contributed by atoms with Gasteiger partial charge in [0.2, 0.25) is 8.32 Å². The summed E-state index contributed by atoms with van der Waals surface area (Å²) in [5.41, 5.74) is 0.505. The summed E-state index contributed by atoms with van der Waals surface area (Å²) in [6, 6.07) is 24.8. The highest BCUT2D eigenvalue weighted by Gasteiger charge is 2.59. The van der Waals surface area contributed by atoms with E-state index in [1.807, 2.05) is 0 Å². The first-order valence-corrected chi connectivity index (χ1v) is 20.2. The van der Waals surface area contributed by atoms with Crippen LogP contribution in [-0.4, -0.2) is 35.3 Å². The molecule has 1 heterocycles. The molecule has 2 aliphatic carbocycles. The molecule has 2 aromatic rings. The second kappa shape index (κ2) is 11.7. The summed E-state index contributed by atoms with van der Waals surface area (Å²) in [4.78, 5) is 13.8. The smallest absolute Gasteiger partial charge is 0.317 e. The molecule has 0 saturated carbocycles. The largest absolute Gasteiger partial charge is 0.546 e. The Bertz CT molecular complexity index is 1230. The van der Waals surface area contributed by atoms with Crippen LogP contribution in [0.2, 0.25) is 23.2 Å². The topological polar surface area (TPSA) is 44.8 Å². The second-order valence-electron chi connectivity index (χ2n) is 13.2. The van der Waals surface area contributed by atoms with Crippen LogP contribution in [0.3, 0.4) is 0 Å². The molecule has 0 aromatic heterocycles. The number of ether oxygens (including phenoxy) is 1. The Hall–Kier alpha value is -2.42. The molecule has 2 aromatic carbocycles. The monoisotopic (exact) mass is 588 g/mol. The van der Waals surface area contributed by atoms with Crippen LogP contribution in [0.15, 0.2) is 84.1 Å². The summed E-state index contributed by atoms with van der Waals surface area (Å²) in [5, 5.41) is 2.41. The van der Waals surface area contributed by atoms with E-state index in [0.717, 1.165) is 36.7 Å². The molecule has 0 radical (unpaired) electrons. The van der Waals surface area contributed by atoms with E-state index in [1.165, 1.54) is 15.9 Å². The Morgan fingerprint density at radius 1 is 0.902 bits per heavy atom. The molecule has 41 heavy (non-hydrogen) atoms. The minimum Gasteiger partial charge on any atom is -0.546 e. The van der Waals surface area contributed by atoms with E-state index in [-0.39, 0.29) is 23.0 Å². The molecule has 4 bridgehead atoms. The fraction of sp³-hybridized carbons (Fsp3) is 0.514. The van der Waals surface area contributed by atoms with Crippen LogP contribution >= 0.6 is 0 Å². The lowest BCUT2D eigenvalue weighted by Gasteiger charge is -2.43. The van der Waals surface area contributed by atoms with Gasteiger partial charge in [-0.1, -0.05) is 108 Å². The Balaban J connectivity index is 1.49. The fourth-order valence-corrected chi connectivity index (χ4v) is 14.8. The molecule has 3 aliphatic rings. The van der Waals surface area contributed by atoms with Gasteiger partial charge in [0.15, 0.2) is 0 Å². The maximum Gasteiger partial charge on any atom is 0.317 e. The second-order valence-corrected chi connectivity index (χ2v) is 22.2. The van der Waals surface area contributed by atoms with Crippen molar-refractivity contribution in [3.63, 3.8) is 0 Å².